The first-order chi connectivity index (χ1) is 15.5. The number of carbonyl (C=O) groups is 3. The van der Waals surface area contributed by atoms with Gasteiger partial charge < -0.3 is 20.4 Å². The summed E-state index contributed by atoms with van der Waals surface area (Å²) in [4.78, 5) is 40.2. The van der Waals surface area contributed by atoms with Crippen LogP contribution in [0.2, 0.25) is 0 Å². The van der Waals surface area contributed by atoms with Crippen molar-refractivity contribution in [1.29, 1.82) is 0 Å². The first kappa shape index (κ1) is 21.8. The van der Waals surface area contributed by atoms with Gasteiger partial charge in [-0.1, -0.05) is 0 Å². The van der Waals surface area contributed by atoms with Gasteiger partial charge >= 0.3 is 0 Å². The van der Waals surface area contributed by atoms with Crippen LogP contribution >= 0.6 is 0 Å². The quantitative estimate of drug-likeness (QED) is 0.695. The molecule has 168 valence electrons. The lowest BCUT2D eigenvalue weighted by atomic mass is 10.1. The molecule has 2 fully saturated rings. The van der Waals surface area contributed by atoms with Crippen LogP contribution in [0.5, 0.6) is 0 Å². The van der Waals surface area contributed by atoms with Crippen molar-refractivity contribution in [2.24, 2.45) is 5.92 Å². The summed E-state index contributed by atoms with van der Waals surface area (Å²) in [6, 6.07) is 13.3. The van der Waals surface area contributed by atoms with Gasteiger partial charge in [0.25, 0.3) is 5.91 Å². The molecule has 0 saturated carbocycles. The van der Waals surface area contributed by atoms with Crippen molar-refractivity contribution in [2.75, 3.05) is 42.5 Å². The lowest BCUT2D eigenvalue weighted by molar-refractivity contribution is -0.120. The predicted octanol–water partition coefficient (Wildman–Crippen LogP) is 2.33. The van der Waals surface area contributed by atoms with Gasteiger partial charge in [0.1, 0.15) is 5.82 Å². The smallest absolute Gasteiger partial charge is 0.251 e. The average Bonchev–Trinajstić information content (AvgIpc) is 3.46. The van der Waals surface area contributed by atoms with Crippen molar-refractivity contribution in [3.05, 3.63) is 59.9 Å². The van der Waals surface area contributed by atoms with Gasteiger partial charge in [-0.3, -0.25) is 14.4 Å². The number of nitrogens with one attached hydrogen (secondary N) is 2. The van der Waals surface area contributed by atoms with E-state index in [4.69, 9.17) is 0 Å². The van der Waals surface area contributed by atoms with E-state index in [1.807, 2.05) is 0 Å². The molecule has 2 aromatic carbocycles. The third-order valence-corrected chi connectivity index (χ3v) is 5.99. The zero-order chi connectivity index (χ0) is 22.5. The topological polar surface area (TPSA) is 81.8 Å². The Bertz CT molecular complexity index is 978. The Hall–Kier alpha value is -3.42. The second kappa shape index (κ2) is 9.80. The minimum absolute atomic E-state index is 0.0976. The predicted molar refractivity (Wildman–Crippen MR) is 120 cm³/mol. The summed E-state index contributed by atoms with van der Waals surface area (Å²) < 4.78 is 13.1. The Morgan fingerprint density at radius 3 is 2.38 bits per heavy atom. The van der Waals surface area contributed by atoms with Gasteiger partial charge in [-0.2, -0.15) is 0 Å². The molecule has 2 aromatic rings. The summed E-state index contributed by atoms with van der Waals surface area (Å²) in [7, 11) is 0. The lowest BCUT2D eigenvalue weighted by Crippen LogP contribution is -2.39. The molecule has 0 radical (unpaired) electrons. The molecule has 2 N–H and O–H groups in total. The first-order valence-electron chi connectivity index (χ1n) is 11.0. The Kier molecular flexibility index (Phi) is 6.68. The van der Waals surface area contributed by atoms with Crippen LogP contribution in [0, 0.1) is 11.7 Å². The Morgan fingerprint density at radius 1 is 0.969 bits per heavy atom. The van der Waals surface area contributed by atoms with Gasteiger partial charge in [0.15, 0.2) is 0 Å². The summed E-state index contributed by atoms with van der Waals surface area (Å²) >= 11 is 0. The molecule has 8 heteroatoms. The average molecular weight is 439 g/mol. The van der Waals surface area contributed by atoms with Crippen LogP contribution in [-0.4, -0.2) is 50.4 Å². The molecule has 2 saturated heterocycles. The highest BCUT2D eigenvalue weighted by atomic mass is 19.1. The lowest BCUT2D eigenvalue weighted by Gasteiger charge is -2.19. The van der Waals surface area contributed by atoms with Gasteiger partial charge in [0.05, 0.1) is 6.54 Å². The van der Waals surface area contributed by atoms with Crippen molar-refractivity contribution < 1.29 is 18.8 Å². The van der Waals surface area contributed by atoms with Crippen LogP contribution in [0.15, 0.2) is 48.5 Å². The molecule has 1 unspecified atom stereocenters. The Morgan fingerprint density at radius 2 is 1.69 bits per heavy atom. The van der Waals surface area contributed by atoms with E-state index < -0.39 is 0 Å². The zero-order valence-corrected chi connectivity index (χ0v) is 17.9. The Labute approximate surface area is 186 Å². The summed E-state index contributed by atoms with van der Waals surface area (Å²) in [6.07, 6.45) is 2.35. The minimum Gasteiger partial charge on any atom is -0.371 e. The molecular formula is C24H27FN4O3. The zero-order valence-electron chi connectivity index (χ0n) is 17.9. The SMILES string of the molecule is O=C(CNC(=O)c1ccc(N2CCCC2=O)cc1)NCC1CCN(c2ccc(F)cc2)C1. The van der Waals surface area contributed by atoms with Crippen LogP contribution in [-0.2, 0) is 9.59 Å². The fourth-order valence-electron chi connectivity index (χ4n) is 4.18. The van der Waals surface area contributed by atoms with E-state index in [1.165, 1.54) is 12.1 Å². The van der Waals surface area contributed by atoms with Gasteiger partial charge in [0.2, 0.25) is 11.8 Å². The maximum Gasteiger partial charge on any atom is 0.251 e. The van der Waals surface area contributed by atoms with E-state index in [-0.39, 0.29) is 30.1 Å². The number of nitrogens with zero attached hydrogens (tertiary/aromatic N) is 2. The number of anilines is 2. The molecule has 2 heterocycles. The molecule has 0 aliphatic carbocycles. The summed E-state index contributed by atoms with van der Waals surface area (Å²) in [6.45, 7) is 2.80. The highest BCUT2D eigenvalue weighted by Crippen LogP contribution is 2.24. The molecule has 1 atom stereocenters. The molecule has 4 rings (SSSR count). The van der Waals surface area contributed by atoms with E-state index in [9.17, 15) is 18.8 Å². The van der Waals surface area contributed by atoms with E-state index >= 15 is 0 Å². The standard InChI is InChI=1S/C24H27FN4O3/c25-19-5-9-20(10-6-19)28-13-11-17(16-28)14-26-22(30)15-27-24(32)18-3-7-21(8-4-18)29-12-1-2-23(29)31/h3-10,17H,1-2,11-16H2,(H,26,30)(H,27,32). The third-order valence-electron chi connectivity index (χ3n) is 5.99. The summed E-state index contributed by atoms with van der Waals surface area (Å²) in [5.41, 5.74) is 2.21. The number of hydrogen-bond donors (Lipinski definition) is 2. The molecule has 2 aliphatic heterocycles. The van der Waals surface area contributed by atoms with Gasteiger partial charge in [-0.25, -0.2) is 4.39 Å². The number of carbonyl (C=O) groups excluding carboxylic acids is 3. The number of rotatable bonds is 7. The van der Waals surface area contributed by atoms with Crippen LogP contribution in [0.4, 0.5) is 15.8 Å². The maximum absolute atomic E-state index is 13.1. The van der Waals surface area contributed by atoms with Crippen LogP contribution in [0.25, 0.3) is 0 Å². The number of hydrogen-bond acceptors (Lipinski definition) is 4. The monoisotopic (exact) mass is 438 g/mol. The highest BCUT2D eigenvalue weighted by molar-refractivity contribution is 5.98. The van der Waals surface area contributed by atoms with E-state index in [1.54, 1.807) is 41.3 Å². The van der Waals surface area contributed by atoms with Crippen LogP contribution in [0.1, 0.15) is 29.6 Å². The van der Waals surface area contributed by atoms with E-state index in [2.05, 4.69) is 15.5 Å². The first-order valence-corrected chi connectivity index (χ1v) is 11.0. The number of amides is 3. The van der Waals surface area contributed by atoms with Gasteiger partial charge in [-0.05, 0) is 67.3 Å². The van der Waals surface area contributed by atoms with Gasteiger partial charge in [0, 0.05) is 49.5 Å². The second-order valence-electron chi connectivity index (χ2n) is 8.26. The molecule has 0 spiro atoms. The van der Waals surface area contributed by atoms with Crippen molar-refractivity contribution >= 4 is 29.1 Å². The van der Waals surface area contributed by atoms with Crippen molar-refractivity contribution in [3.8, 4) is 0 Å². The van der Waals surface area contributed by atoms with Gasteiger partial charge in [-0.15, -0.1) is 0 Å². The number of benzene rings is 2. The molecular weight excluding hydrogens is 411 g/mol. The minimum atomic E-state index is -0.331. The normalized spacial score (nSPS) is 18.2. The fraction of sp³-hybridized carbons (Fsp3) is 0.375. The highest BCUT2D eigenvalue weighted by Gasteiger charge is 2.24. The molecule has 0 bridgehead atoms. The van der Waals surface area contributed by atoms with E-state index in [0.29, 0.717) is 31.0 Å². The van der Waals surface area contributed by atoms with Crippen molar-refractivity contribution in [3.63, 3.8) is 0 Å². The maximum atomic E-state index is 13.1. The van der Waals surface area contributed by atoms with Crippen LogP contribution < -0.4 is 20.4 Å². The molecule has 0 aromatic heterocycles. The van der Waals surface area contributed by atoms with E-state index in [0.717, 1.165) is 37.3 Å². The molecule has 32 heavy (non-hydrogen) atoms. The fourth-order valence-corrected chi connectivity index (χ4v) is 4.18. The Balaban J connectivity index is 1.18. The number of halogens is 1. The molecule has 7 nitrogen and oxygen atoms in total. The summed E-state index contributed by atoms with van der Waals surface area (Å²) in [5.74, 6) is -0.417. The van der Waals surface area contributed by atoms with Crippen molar-refractivity contribution in [2.45, 2.75) is 19.3 Å². The summed E-state index contributed by atoms with van der Waals surface area (Å²) in [5, 5.41) is 5.51. The molecule has 3 amide bonds. The largest absolute Gasteiger partial charge is 0.371 e. The molecule has 2 aliphatic rings. The van der Waals surface area contributed by atoms with Crippen LogP contribution in [0.3, 0.4) is 0 Å². The van der Waals surface area contributed by atoms with Crippen molar-refractivity contribution in [1.82, 2.24) is 10.6 Å². The second-order valence-corrected chi connectivity index (χ2v) is 8.26. The third kappa shape index (κ3) is 5.25.